The molecule has 1 aliphatic heterocycles. The number of ether oxygens (including phenoxy) is 1. The van der Waals surface area contributed by atoms with Crippen LogP contribution < -0.4 is 15.8 Å². The highest BCUT2D eigenvalue weighted by Gasteiger charge is 2.28. The number of benzene rings is 3. The van der Waals surface area contributed by atoms with Gasteiger partial charge in [0.1, 0.15) is 11.4 Å². The molecule has 3 aromatic carbocycles. The molecule has 1 aromatic heterocycles. The molecule has 0 fully saturated rings. The number of rotatable bonds is 8. The summed E-state index contributed by atoms with van der Waals surface area (Å²) in [6, 6.07) is 19.4. The first-order valence-electron chi connectivity index (χ1n) is 13.7. The fourth-order valence-corrected chi connectivity index (χ4v) is 5.46. The summed E-state index contributed by atoms with van der Waals surface area (Å²) in [7, 11) is 0. The first-order valence-corrected chi connectivity index (χ1v) is 14.0. The van der Waals surface area contributed by atoms with Gasteiger partial charge in [0.05, 0.1) is 18.0 Å². The van der Waals surface area contributed by atoms with Gasteiger partial charge in [0.2, 0.25) is 0 Å². The van der Waals surface area contributed by atoms with Crippen molar-refractivity contribution in [1.29, 1.82) is 0 Å². The predicted octanol–water partition coefficient (Wildman–Crippen LogP) is 6.89. The van der Waals surface area contributed by atoms with E-state index in [2.05, 4.69) is 54.7 Å². The van der Waals surface area contributed by atoms with Crippen molar-refractivity contribution < 1.29 is 9.53 Å². The number of aryl methyl sites for hydroxylation is 2. The maximum absolute atomic E-state index is 11.4. The Morgan fingerprint density at radius 3 is 2.58 bits per heavy atom. The van der Waals surface area contributed by atoms with E-state index in [1.807, 2.05) is 48.5 Å². The van der Waals surface area contributed by atoms with Crippen molar-refractivity contribution in [2.45, 2.75) is 47.2 Å². The first kappa shape index (κ1) is 27.7. The fraction of sp³-hybridized carbons (Fsp3) is 0.312. The van der Waals surface area contributed by atoms with Gasteiger partial charge < -0.3 is 15.8 Å². The van der Waals surface area contributed by atoms with Crippen LogP contribution in [0.1, 0.15) is 41.8 Å². The molecule has 2 heterocycles. The topological polar surface area (TPSA) is 85.4 Å². The van der Waals surface area contributed by atoms with E-state index < -0.39 is 6.03 Å². The summed E-state index contributed by atoms with van der Waals surface area (Å²) < 4.78 is 8.36. The molecule has 0 aliphatic carbocycles. The van der Waals surface area contributed by atoms with E-state index in [-0.39, 0.29) is 0 Å². The summed E-state index contributed by atoms with van der Waals surface area (Å²) >= 11 is 6.22. The molecule has 7 nitrogen and oxygen atoms in total. The molecule has 0 atom stereocenters. The molecule has 0 saturated heterocycles. The van der Waals surface area contributed by atoms with Gasteiger partial charge >= 0.3 is 6.03 Å². The van der Waals surface area contributed by atoms with Crippen molar-refractivity contribution in [1.82, 2.24) is 14.7 Å². The van der Waals surface area contributed by atoms with Gasteiger partial charge in [-0.3, -0.25) is 4.90 Å². The number of carbonyl (C=O) groups is 1. The monoisotopic (exact) mass is 557 g/mol. The van der Waals surface area contributed by atoms with E-state index in [1.54, 1.807) is 0 Å². The zero-order valence-electron chi connectivity index (χ0n) is 23.5. The number of urea groups is 1. The van der Waals surface area contributed by atoms with Crippen LogP contribution in [0.4, 0.5) is 10.5 Å². The first-order chi connectivity index (χ1) is 19.2. The number of halogens is 1. The van der Waals surface area contributed by atoms with E-state index in [1.165, 1.54) is 16.7 Å². The van der Waals surface area contributed by atoms with Crippen LogP contribution in [0.25, 0.3) is 16.9 Å². The SMILES string of the molecule is Cc1cc(Cl)ccc1CN1CCc2nn(-c3c(C)cccc3OCC(C)C)c(-c3ccc(NC(N)=O)cc3)c2C1. The average Bonchev–Trinajstić information content (AvgIpc) is 3.27. The van der Waals surface area contributed by atoms with Gasteiger partial charge in [0.15, 0.2) is 0 Å². The Labute approximate surface area is 240 Å². The molecule has 0 radical (unpaired) electrons. The van der Waals surface area contributed by atoms with Crippen molar-refractivity contribution in [3.05, 3.63) is 93.6 Å². The normalized spacial score (nSPS) is 13.3. The highest BCUT2D eigenvalue weighted by Crippen LogP contribution is 2.37. The summed E-state index contributed by atoms with van der Waals surface area (Å²) in [5.74, 6) is 1.21. The fourth-order valence-electron chi connectivity index (χ4n) is 5.23. The Bertz CT molecular complexity index is 1530. The average molecular weight is 558 g/mol. The second kappa shape index (κ2) is 11.7. The summed E-state index contributed by atoms with van der Waals surface area (Å²) in [5.41, 5.74) is 14.8. The lowest BCUT2D eigenvalue weighted by Gasteiger charge is -2.27. The van der Waals surface area contributed by atoms with Gasteiger partial charge in [0.25, 0.3) is 0 Å². The lowest BCUT2D eigenvalue weighted by Crippen LogP contribution is -2.30. The third-order valence-corrected chi connectivity index (χ3v) is 7.46. The molecule has 208 valence electrons. The molecule has 0 spiro atoms. The standard InChI is InChI=1S/C32H36ClN5O2/c1-20(2)19-40-29-7-5-6-21(3)30(29)38-31(23-9-12-26(13-10-23)35-32(34)39)27-18-37(15-14-28(27)36-38)17-24-8-11-25(33)16-22(24)4/h5-13,16,20H,14-15,17-19H2,1-4H3,(H3,34,35,39). The van der Waals surface area contributed by atoms with Crippen LogP contribution >= 0.6 is 11.6 Å². The molecule has 0 saturated carbocycles. The minimum absolute atomic E-state index is 0.397. The van der Waals surface area contributed by atoms with Crippen LogP contribution in [-0.4, -0.2) is 33.9 Å². The van der Waals surface area contributed by atoms with E-state index in [4.69, 9.17) is 27.2 Å². The van der Waals surface area contributed by atoms with Crippen molar-refractivity contribution in [3.8, 4) is 22.7 Å². The maximum Gasteiger partial charge on any atom is 0.316 e. The Morgan fingerprint density at radius 2 is 1.88 bits per heavy atom. The molecule has 5 rings (SSSR count). The Hall–Kier alpha value is -3.81. The molecule has 40 heavy (non-hydrogen) atoms. The molecule has 0 unspecified atom stereocenters. The van der Waals surface area contributed by atoms with Crippen LogP contribution in [0.5, 0.6) is 5.75 Å². The number of nitrogens with zero attached hydrogens (tertiary/aromatic N) is 3. The van der Waals surface area contributed by atoms with E-state index in [9.17, 15) is 4.79 Å². The maximum atomic E-state index is 11.4. The number of amides is 2. The van der Waals surface area contributed by atoms with Crippen LogP contribution in [0.2, 0.25) is 5.02 Å². The zero-order valence-corrected chi connectivity index (χ0v) is 24.3. The number of carbonyl (C=O) groups excluding carboxylic acids is 1. The molecular formula is C32H36ClN5O2. The van der Waals surface area contributed by atoms with Crippen molar-refractivity contribution in [3.63, 3.8) is 0 Å². The van der Waals surface area contributed by atoms with Gasteiger partial charge in [-0.05, 0) is 66.8 Å². The number of fused-ring (bicyclic) bond motifs is 1. The predicted molar refractivity (Wildman–Crippen MR) is 161 cm³/mol. The van der Waals surface area contributed by atoms with Crippen LogP contribution in [-0.2, 0) is 19.5 Å². The third-order valence-electron chi connectivity index (χ3n) is 7.22. The number of nitrogens with two attached hydrogens (primary N) is 1. The van der Waals surface area contributed by atoms with Crippen LogP contribution in [0.3, 0.4) is 0 Å². The van der Waals surface area contributed by atoms with E-state index >= 15 is 0 Å². The number of anilines is 1. The number of nitrogens with one attached hydrogen (secondary N) is 1. The van der Waals surface area contributed by atoms with Gasteiger partial charge in [-0.2, -0.15) is 5.10 Å². The van der Waals surface area contributed by atoms with Crippen molar-refractivity contribution in [2.75, 3.05) is 18.5 Å². The van der Waals surface area contributed by atoms with Gasteiger partial charge in [0, 0.05) is 47.9 Å². The van der Waals surface area contributed by atoms with Crippen LogP contribution in [0, 0.1) is 19.8 Å². The largest absolute Gasteiger partial charge is 0.491 e. The molecule has 8 heteroatoms. The minimum atomic E-state index is -0.588. The number of para-hydroxylation sites is 1. The summed E-state index contributed by atoms with van der Waals surface area (Å²) in [5, 5.41) is 8.60. The second-order valence-corrected chi connectivity index (χ2v) is 11.3. The highest BCUT2D eigenvalue weighted by atomic mass is 35.5. The lowest BCUT2D eigenvalue weighted by atomic mass is 9.99. The highest BCUT2D eigenvalue weighted by molar-refractivity contribution is 6.30. The Balaban J connectivity index is 1.59. The lowest BCUT2D eigenvalue weighted by molar-refractivity contribution is 0.244. The van der Waals surface area contributed by atoms with E-state index in [0.717, 1.165) is 65.0 Å². The number of aromatic nitrogens is 2. The summed E-state index contributed by atoms with van der Waals surface area (Å²) in [6.07, 6.45) is 0.845. The Morgan fingerprint density at radius 1 is 1.10 bits per heavy atom. The molecule has 3 N–H and O–H groups in total. The van der Waals surface area contributed by atoms with Crippen LogP contribution in [0.15, 0.2) is 60.7 Å². The van der Waals surface area contributed by atoms with Crippen molar-refractivity contribution in [2.24, 2.45) is 11.7 Å². The molecule has 4 aromatic rings. The van der Waals surface area contributed by atoms with Gasteiger partial charge in [-0.25, -0.2) is 9.48 Å². The summed E-state index contributed by atoms with van der Waals surface area (Å²) in [4.78, 5) is 13.9. The number of hydrogen-bond acceptors (Lipinski definition) is 4. The zero-order chi connectivity index (χ0) is 28.4. The second-order valence-electron chi connectivity index (χ2n) is 10.9. The Kier molecular flexibility index (Phi) is 8.14. The van der Waals surface area contributed by atoms with Gasteiger partial charge in [-0.15, -0.1) is 0 Å². The molecule has 1 aliphatic rings. The molecule has 0 bridgehead atoms. The number of primary amides is 1. The molecule has 2 amide bonds. The van der Waals surface area contributed by atoms with Gasteiger partial charge in [-0.1, -0.05) is 55.8 Å². The summed E-state index contributed by atoms with van der Waals surface area (Å²) in [6.45, 7) is 11.6. The quantitative estimate of drug-likeness (QED) is 0.247. The number of hydrogen-bond donors (Lipinski definition) is 2. The third kappa shape index (κ3) is 6.01. The van der Waals surface area contributed by atoms with Crippen molar-refractivity contribution >= 4 is 23.3 Å². The minimum Gasteiger partial charge on any atom is -0.491 e. The smallest absolute Gasteiger partial charge is 0.316 e. The molecular weight excluding hydrogens is 522 g/mol. The van der Waals surface area contributed by atoms with E-state index in [0.29, 0.717) is 18.2 Å².